The van der Waals surface area contributed by atoms with Crippen molar-refractivity contribution in [3.63, 3.8) is 0 Å². The van der Waals surface area contributed by atoms with Gasteiger partial charge in [0, 0.05) is 0 Å². The number of hydrogen-bond donors (Lipinski definition) is 0. The number of hydrogen-bond acceptors (Lipinski definition) is 3. The standard InChI is InChI=1S/C8H10O3/c1-2-4-9-8(3-1)11-6-7-5-10-7/h1-4,7-8H,5-6H2. The second kappa shape index (κ2) is 3.07. The van der Waals surface area contributed by atoms with Crippen molar-refractivity contribution in [3.8, 4) is 0 Å². The molecule has 2 aliphatic rings. The minimum atomic E-state index is -0.218. The molecule has 1 fully saturated rings. The summed E-state index contributed by atoms with van der Waals surface area (Å²) in [6.45, 7) is 1.45. The lowest BCUT2D eigenvalue weighted by molar-refractivity contribution is -0.0779. The fourth-order valence-electron chi connectivity index (χ4n) is 0.830. The third-order valence-corrected chi connectivity index (χ3v) is 1.52. The van der Waals surface area contributed by atoms with E-state index in [0.717, 1.165) is 6.61 Å². The SMILES string of the molecule is C1=COC(OCC2CO2)C=C1. The van der Waals surface area contributed by atoms with E-state index in [9.17, 15) is 0 Å². The molecular weight excluding hydrogens is 144 g/mol. The molecule has 0 bridgehead atoms. The zero-order chi connectivity index (χ0) is 7.52. The van der Waals surface area contributed by atoms with Gasteiger partial charge in [0.05, 0.1) is 19.5 Å². The van der Waals surface area contributed by atoms with Crippen LogP contribution in [0.1, 0.15) is 0 Å². The van der Waals surface area contributed by atoms with Gasteiger partial charge in [0.2, 0.25) is 6.29 Å². The topological polar surface area (TPSA) is 31.0 Å². The van der Waals surface area contributed by atoms with Crippen molar-refractivity contribution in [2.75, 3.05) is 13.2 Å². The van der Waals surface area contributed by atoms with Crippen LogP contribution in [0.25, 0.3) is 0 Å². The normalized spacial score (nSPS) is 33.5. The molecule has 0 N–H and O–H groups in total. The highest BCUT2D eigenvalue weighted by atomic mass is 16.7. The summed E-state index contributed by atoms with van der Waals surface area (Å²) in [5, 5.41) is 0. The second-order valence-corrected chi connectivity index (χ2v) is 2.51. The van der Waals surface area contributed by atoms with Crippen molar-refractivity contribution in [2.45, 2.75) is 12.4 Å². The van der Waals surface area contributed by atoms with Crippen LogP contribution >= 0.6 is 0 Å². The molecule has 0 radical (unpaired) electrons. The number of allylic oxidation sites excluding steroid dienone is 2. The Kier molecular flexibility index (Phi) is 1.92. The fourth-order valence-corrected chi connectivity index (χ4v) is 0.830. The average Bonchev–Trinajstić information content (AvgIpc) is 2.86. The summed E-state index contributed by atoms with van der Waals surface area (Å²) in [6, 6.07) is 0. The molecule has 0 aromatic carbocycles. The Bertz CT molecular complexity index is 182. The minimum absolute atomic E-state index is 0.218. The van der Waals surface area contributed by atoms with E-state index < -0.39 is 0 Å². The van der Waals surface area contributed by atoms with Gasteiger partial charge in [0.1, 0.15) is 6.10 Å². The molecule has 0 saturated carbocycles. The first-order valence-corrected chi connectivity index (χ1v) is 3.67. The highest BCUT2D eigenvalue weighted by Crippen LogP contribution is 2.12. The monoisotopic (exact) mass is 154 g/mol. The molecule has 3 heteroatoms. The highest BCUT2D eigenvalue weighted by molar-refractivity contribution is 5.05. The van der Waals surface area contributed by atoms with Crippen LogP contribution in [0.2, 0.25) is 0 Å². The maximum absolute atomic E-state index is 5.32. The predicted molar refractivity (Wildman–Crippen MR) is 38.8 cm³/mol. The Morgan fingerprint density at radius 1 is 1.45 bits per heavy atom. The zero-order valence-electron chi connectivity index (χ0n) is 6.10. The summed E-state index contributed by atoms with van der Waals surface area (Å²) in [6.07, 6.45) is 7.30. The summed E-state index contributed by atoms with van der Waals surface area (Å²) >= 11 is 0. The lowest BCUT2D eigenvalue weighted by Crippen LogP contribution is -2.16. The predicted octanol–water partition coefficient (Wildman–Crippen LogP) is 0.828. The summed E-state index contributed by atoms with van der Waals surface area (Å²) in [5.74, 6) is 0. The number of epoxide rings is 1. The van der Waals surface area contributed by atoms with Gasteiger partial charge in [-0.3, -0.25) is 0 Å². The molecular formula is C8H10O3. The molecule has 0 aliphatic carbocycles. The lowest BCUT2D eigenvalue weighted by Gasteiger charge is -2.14. The lowest BCUT2D eigenvalue weighted by atomic mass is 10.4. The van der Waals surface area contributed by atoms with Crippen molar-refractivity contribution in [3.05, 3.63) is 24.5 Å². The first kappa shape index (κ1) is 6.88. The maximum atomic E-state index is 5.32. The molecule has 11 heavy (non-hydrogen) atoms. The summed E-state index contributed by atoms with van der Waals surface area (Å²) < 4.78 is 15.4. The van der Waals surface area contributed by atoms with E-state index in [4.69, 9.17) is 14.2 Å². The Morgan fingerprint density at radius 3 is 3.00 bits per heavy atom. The Labute approximate surface area is 65.2 Å². The van der Waals surface area contributed by atoms with E-state index in [1.807, 2.05) is 18.2 Å². The van der Waals surface area contributed by atoms with Crippen LogP contribution in [-0.4, -0.2) is 25.6 Å². The summed E-state index contributed by atoms with van der Waals surface area (Å²) in [5.41, 5.74) is 0. The van der Waals surface area contributed by atoms with E-state index in [1.54, 1.807) is 6.26 Å². The van der Waals surface area contributed by atoms with Crippen molar-refractivity contribution >= 4 is 0 Å². The molecule has 2 heterocycles. The molecule has 2 atom stereocenters. The number of ether oxygens (including phenoxy) is 3. The second-order valence-electron chi connectivity index (χ2n) is 2.51. The van der Waals surface area contributed by atoms with Crippen LogP contribution in [0, 0.1) is 0 Å². The zero-order valence-corrected chi connectivity index (χ0v) is 6.10. The molecule has 2 aliphatic heterocycles. The van der Waals surface area contributed by atoms with Gasteiger partial charge >= 0.3 is 0 Å². The molecule has 2 unspecified atom stereocenters. The Morgan fingerprint density at radius 2 is 2.36 bits per heavy atom. The van der Waals surface area contributed by atoms with Crippen molar-refractivity contribution in [1.29, 1.82) is 0 Å². The van der Waals surface area contributed by atoms with E-state index in [1.165, 1.54) is 0 Å². The van der Waals surface area contributed by atoms with Crippen molar-refractivity contribution < 1.29 is 14.2 Å². The first-order chi connectivity index (χ1) is 5.45. The molecule has 0 aromatic rings. The van der Waals surface area contributed by atoms with Gasteiger partial charge in [-0.15, -0.1) is 0 Å². The van der Waals surface area contributed by atoms with Crippen LogP contribution in [-0.2, 0) is 14.2 Å². The Hall–Kier alpha value is -0.800. The van der Waals surface area contributed by atoms with Crippen molar-refractivity contribution in [2.24, 2.45) is 0 Å². The van der Waals surface area contributed by atoms with Gasteiger partial charge in [-0.25, -0.2) is 0 Å². The molecule has 0 amide bonds. The van der Waals surface area contributed by atoms with Gasteiger partial charge in [-0.1, -0.05) is 6.08 Å². The maximum Gasteiger partial charge on any atom is 0.219 e. The first-order valence-electron chi connectivity index (χ1n) is 3.67. The molecule has 0 spiro atoms. The van der Waals surface area contributed by atoms with E-state index in [-0.39, 0.29) is 6.29 Å². The Balaban J connectivity index is 1.69. The minimum Gasteiger partial charge on any atom is -0.469 e. The summed E-state index contributed by atoms with van der Waals surface area (Å²) in [7, 11) is 0. The van der Waals surface area contributed by atoms with E-state index in [2.05, 4.69) is 0 Å². The van der Waals surface area contributed by atoms with Crippen molar-refractivity contribution in [1.82, 2.24) is 0 Å². The van der Waals surface area contributed by atoms with Gasteiger partial charge in [0.15, 0.2) is 0 Å². The molecule has 1 saturated heterocycles. The van der Waals surface area contributed by atoms with Crippen LogP contribution in [0.5, 0.6) is 0 Å². The van der Waals surface area contributed by atoms with Gasteiger partial charge in [-0.05, 0) is 12.2 Å². The fraction of sp³-hybridized carbons (Fsp3) is 0.500. The van der Waals surface area contributed by atoms with Crippen LogP contribution in [0.4, 0.5) is 0 Å². The van der Waals surface area contributed by atoms with Crippen LogP contribution < -0.4 is 0 Å². The number of rotatable bonds is 3. The average molecular weight is 154 g/mol. The molecule has 60 valence electrons. The van der Waals surface area contributed by atoms with E-state index in [0.29, 0.717) is 12.7 Å². The largest absolute Gasteiger partial charge is 0.469 e. The smallest absolute Gasteiger partial charge is 0.219 e. The molecule has 3 nitrogen and oxygen atoms in total. The summed E-state index contributed by atoms with van der Waals surface area (Å²) in [4.78, 5) is 0. The quantitative estimate of drug-likeness (QED) is 0.564. The molecule has 2 rings (SSSR count). The van der Waals surface area contributed by atoms with Gasteiger partial charge in [0.25, 0.3) is 0 Å². The third-order valence-electron chi connectivity index (χ3n) is 1.52. The highest BCUT2D eigenvalue weighted by Gasteiger charge is 2.23. The van der Waals surface area contributed by atoms with E-state index >= 15 is 0 Å². The van der Waals surface area contributed by atoms with Crippen LogP contribution in [0.15, 0.2) is 24.5 Å². The van der Waals surface area contributed by atoms with Crippen LogP contribution in [0.3, 0.4) is 0 Å². The van der Waals surface area contributed by atoms with Gasteiger partial charge in [-0.2, -0.15) is 0 Å². The van der Waals surface area contributed by atoms with Gasteiger partial charge < -0.3 is 14.2 Å². The third kappa shape index (κ3) is 2.06. The molecule has 0 aromatic heterocycles.